The Kier molecular flexibility index (Phi) is 5.80. The van der Waals surface area contributed by atoms with Crippen molar-refractivity contribution in [2.45, 2.75) is 10.1 Å². The van der Waals surface area contributed by atoms with Gasteiger partial charge in [-0.25, -0.2) is 4.68 Å². The number of halogens is 2. The first kappa shape index (κ1) is 18.7. The molecule has 10 heteroatoms. The summed E-state index contributed by atoms with van der Waals surface area (Å²) in [5, 5.41) is 15.3. The van der Waals surface area contributed by atoms with Crippen molar-refractivity contribution in [2.75, 3.05) is 12.4 Å². The van der Waals surface area contributed by atoms with E-state index in [0.717, 1.165) is 9.37 Å². The maximum Gasteiger partial charge on any atom is 0.259 e. The molecular weight excluding hydrogens is 442 g/mol. The number of methoxy groups -OCH3 is 1. The van der Waals surface area contributed by atoms with Crippen molar-refractivity contribution in [3.63, 3.8) is 0 Å². The molecule has 0 spiro atoms. The molecule has 0 aliphatic carbocycles. The van der Waals surface area contributed by atoms with Crippen molar-refractivity contribution < 1.29 is 9.53 Å². The predicted molar refractivity (Wildman–Crippen MR) is 103 cm³/mol. The Morgan fingerprint density at radius 2 is 2.12 bits per heavy atom. The second-order valence-electron chi connectivity index (χ2n) is 5.13. The van der Waals surface area contributed by atoms with Gasteiger partial charge < -0.3 is 10.1 Å². The van der Waals surface area contributed by atoms with Crippen LogP contribution in [0, 0.1) is 0 Å². The standard InChI is InChI=1S/C16H13BrClN5O2S/c1-23-16(20-21-22-23)26-14-6-3-9(17)7-12(14)19-15(24)11-8-10(18)4-5-13(11)25-2/h3-8H,1-2H3,(H,19,24). The van der Waals surface area contributed by atoms with Crippen LogP contribution < -0.4 is 10.1 Å². The fourth-order valence-corrected chi connectivity index (χ4v) is 3.47. The first-order chi connectivity index (χ1) is 12.5. The molecule has 3 aromatic rings. The summed E-state index contributed by atoms with van der Waals surface area (Å²) in [4.78, 5) is 13.6. The molecule has 1 aromatic heterocycles. The number of carbonyl (C=O) groups is 1. The molecule has 2 aromatic carbocycles. The molecule has 0 saturated heterocycles. The monoisotopic (exact) mass is 453 g/mol. The molecule has 1 heterocycles. The fraction of sp³-hybridized carbons (Fsp3) is 0.125. The summed E-state index contributed by atoms with van der Waals surface area (Å²) in [6.45, 7) is 0. The first-order valence-electron chi connectivity index (χ1n) is 7.32. The van der Waals surface area contributed by atoms with E-state index in [-0.39, 0.29) is 5.91 Å². The molecule has 0 aliphatic heterocycles. The summed E-state index contributed by atoms with van der Waals surface area (Å²) >= 11 is 10.8. The summed E-state index contributed by atoms with van der Waals surface area (Å²) in [6, 6.07) is 10.4. The quantitative estimate of drug-likeness (QED) is 0.626. The van der Waals surface area contributed by atoms with E-state index in [2.05, 4.69) is 36.8 Å². The Hall–Kier alpha value is -2.10. The van der Waals surface area contributed by atoms with Crippen LogP contribution in [0.25, 0.3) is 0 Å². The number of carbonyl (C=O) groups excluding carboxylic acids is 1. The van der Waals surface area contributed by atoms with Gasteiger partial charge in [0.15, 0.2) is 0 Å². The van der Waals surface area contributed by atoms with Gasteiger partial charge in [-0.2, -0.15) is 0 Å². The molecule has 7 nitrogen and oxygen atoms in total. The number of nitrogens with zero attached hydrogens (tertiary/aromatic N) is 4. The molecule has 0 saturated carbocycles. The minimum atomic E-state index is -0.333. The van der Waals surface area contributed by atoms with Crippen LogP contribution in [0.2, 0.25) is 5.02 Å². The molecule has 0 bridgehead atoms. The third kappa shape index (κ3) is 4.17. The Labute approximate surface area is 167 Å². The molecule has 0 atom stereocenters. The van der Waals surface area contributed by atoms with Gasteiger partial charge in [0.05, 0.1) is 18.4 Å². The van der Waals surface area contributed by atoms with Gasteiger partial charge in [0, 0.05) is 21.4 Å². The van der Waals surface area contributed by atoms with Crippen molar-refractivity contribution >= 4 is 50.9 Å². The lowest BCUT2D eigenvalue weighted by Crippen LogP contribution is -2.14. The topological polar surface area (TPSA) is 81.9 Å². The molecule has 0 aliphatic rings. The molecule has 26 heavy (non-hydrogen) atoms. The highest BCUT2D eigenvalue weighted by atomic mass is 79.9. The zero-order valence-corrected chi connectivity index (χ0v) is 16.9. The second-order valence-corrected chi connectivity index (χ2v) is 7.49. The lowest BCUT2D eigenvalue weighted by Gasteiger charge is -2.13. The maximum absolute atomic E-state index is 12.8. The van der Waals surface area contributed by atoms with E-state index in [1.165, 1.54) is 18.9 Å². The largest absolute Gasteiger partial charge is 0.496 e. The molecule has 0 radical (unpaired) electrons. The number of amides is 1. The number of rotatable bonds is 5. The summed E-state index contributed by atoms with van der Waals surface area (Å²) in [6.07, 6.45) is 0. The highest BCUT2D eigenvalue weighted by molar-refractivity contribution is 9.10. The van der Waals surface area contributed by atoms with E-state index in [0.29, 0.717) is 27.2 Å². The summed E-state index contributed by atoms with van der Waals surface area (Å²) in [7, 11) is 3.25. The van der Waals surface area contributed by atoms with Gasteiger partial charge in [0.1, 0.15) is 5.75 Å². The minimum absolute atomic E-state index is 0.333. The van der Waals surface area contributed by atoms with Crippen LogP contribution in [0.15, 0.2) is 50.9 Å². The number of benzene rings is 2. The lowest BCUT2D eigenvalue weighted by atomic mass is 10.2. The average molecular weight is 455 g/mol. The van der Waals surface area contributed by atoms with Gasteiger partial charge in [-0.15, -0.1) is 5.10 Å². The predicted octanol–water partition coefficient (Wildman–Crippen LogP) is 4.04. The molecule has 1 amide bonds. The van der Waals surface area contributed by atoms with Crippen molar-refractivity contribution in [3.8, 4) is 5.75 Å². The van der Waals surface area contributed by atoms with Gasteiger partial charge in [-0.05, 0) is 58.6 Å². The highest BCUT2D eigenvalue weighted by Crippen LogP contribution is 2.34. The Morgan fingerprint density at radius 3 is 2.81 bits per heavy atom. The van der Waals surface area contributed by atoms with E-state index < -0.39 is 0 Å². The van der Waals surface area contributed by atoms with Crippen LogP contribution in [-0.4, -0.2) is 33.2 Å². The van der Waals surface area contributed by atoms with E-state index in [4.69, 9.17) is 16.3 Å². The summed E-state index contributed by atoms with van der Waals surface area (Å²) in [5.41, 5.74) is 0.954. The number of hydrogen-bond donors (Lipinski definition) is 1. The molecule has 134 valence electrons. The van der Waals surface area contributed by atoms with Gasteiger partial charge in [-0.1, -0.05) is 27.5 Å². The average Bonchev–Trinajstić information content (AvgIpc) is 3.02. The number of nitrogens with one attached hydrogen (secondary N) is 1. The highest BCUT2D eigenvalue weighted by Gasteiger charge is 2.16. The smallest absolute Gasteiger partial charge is 0.259 e. The number of aromatic nitrogens is 4. The van der Waals surface area contributed by atoms with E-state index in [1.807, 2.05) is 12.1 Å². The van der Waals surface area contributed by atoms with Crippen LogP contribution in [0.5, 0.6) is 5.75 Å². The van der Waals surface area contributed by atoms with Crippen molar-refractivity contribution in [3.05, 3.63) is 51.5 Å². The minimum Gasteiger partial charge on any atom is -0.496 e. The number of tetrazole rings is 1. The number of hydrogen-bond acceptors (Lipinski definition) is 6. The Balaban J connectivity index is 1.92. The third-order valence-electron chi connectivity index (χ3n) is 3.38. The van der Waals surface area contributed by atoms with E-state index in [9.17, 15) is 4.79 Å². The van der Waals surface area contributed by atoms with Crippen LogP contribution in [0.4, 0.5) is 5.69 Å². The fourth-order valence-electron chi connectivity index (χ4n) is 2.14. The molecule has 0 fully saturated rings. The Morgan fingerprint density at radius 1 is 1.31 bits per heavy atom. The van der Waals surface area contributed by atoms with Gasteiger partial charge in [0.25, 0.3) is 5.91 Å². The van der Waals surface area contributed by atoms with Crippen LogP contribution >= 0.6 is 39.3 Å². The van der Waals surface area contributed by atoms with E-state index in [1.54, 1.807) is 36.0 Å². The molecular formula is C16H13BrClN5O2S. The SMILES string of the molecule is COc1ccc(Cl)cc1C(=O)Nc1cc(Br)ccc1Sc1nnnn1C. The normalized spacial score (nSPS) is 10.6. The second kappa shape index (κ2) is 8.07. The van der Waals surface area contributed by atoms with Gasteiger partial charge >= 0.3 is 0 Å². The van der Waals surface area contributed by atoms with Crippen molar-refractivity contribution in [1.82, 2.24) is 20.2 Å². The zero-order valence-electron chi connectivity index (χ0n) is 13.7. The van der Waals surface area contributed by atoms with Gasteiger partial charge in [-0.3, -0.25) is 4.79 Å². The van der Waals surface area contributed by atoms with Gasteiger partial charge in [0.2, 0.25) is 5.16 Å². The molecule has 1 N–H and O–H groups in total. The number of anilines is 1. The van der Waals surface area contributed by atoms with Crippen molar-refractivity contribution in [2.24, 2.45) is 7.05 Å². The van der Waals surface area contributed by atoms with Crippen molar-refractivity contribution in [1.29, 1.82) is 0 Å². The maximum atomic E-state index is 12.8. The number of aryl methyl sites for hydroxylation is 1. The lowest BCUT2D eigenvalue weighted by molar-refractivity contribution is 0.102. The zero-order chi connectivity index (χ0) is 18.7. The molecule has 3 rings (SSSR count). The van der Waals surface area contributed by atoms with Crippen LogP contribution in [0.3, 0.4) is 0 Å². The summed E-state index contributed by atoms with van der Waals surface area (Å²) in [5.74, 6) is 0.106. The Bertz CT molecular complexity index is 966. The molecule has 0 unspecified atom stereocenters. The van der Waals surface area contributed by atoms with E-state index >= 15 is 0 Å². The number of ether oxygens (including phenoxy) is 1. The third-order valence-corrected chi connectivity index (χ3v) is 5.21. The first-order valence-corrected chi connectivity index (χ1v) is 9.31. The summed E-state index contributed by atoms with van der Waals surface area (Å²) < 4.78 is 7.63. The van der Waals surface area contributed by atoms with Crippen LogP contribution in [-0.2, 0) is 7.05 Å². The van der Waals surface area contributed by atoms with Crippen LogP contribution in [0.1, 0.15) is 10.4 Å².